The number of aliphatic hydroxyl groups is 2. The molecule has 4 atom stereocenters. The van der Waals surface area contributed by atoms with Gasteiger partial charge in [-0.1, -0.05) is 22.9 Å². The Morgan fingerprint density at radius 3 is 2.57 bits per heavy atom. The molecule has 2 aromatic carbocycles. The van der Waals surface area contributed by atoms with E-state index in [0.29, 0.717) is 22.4 Å². The largest absolute Gasteiger partial charge is 0.394 e. The van der Waals surface area contributed by atoms with Gasteiger partial charge in [0.25, 0.3) is 0 Å². The van der Waals surface area contributed by atoms with Crippen LogP contribution in [0.15, 0.2) is 36.5 Å². The van der Waals surface area contributed by atoms with Crippen molar-refractivity contribution in [2.24, 2.45) is 0 Å². The standard InChI is InChI=1S/C24H22ClF3N6O3/c1-11-3-4-14(25)7-18(11)34-24(29-12(2)31-34)20-8-19(23(36)21(10-35)37-20)33-9-17(30-32-33)13-5-15(26)22(28)16(27)6-13/h3-7,9,19-21,23,35-36H,8,10H2,1-2H3. The Morgan fingerprint density at radius 1 is 1.14 bits per heavy atom. The van der Waals surface area contributed by atoms with E-state index in [4.69, 9.17) is 16.3 Å². The normalized spacial score (nSPS) is 21.9. The van der Waals surface area contributed by atoms with E-state index < -0.39 is 48.4 Å². The van der Waals surface area contributed by atoms with E-state index >= 15 is 0 Å². The van der Waals surface area contributed by atoms with Crippen LogP contribution >= 0.6 is 11.6 Å². The first-order valence-electron chi connectivity index (χ1n) is 11.4. The van der Waals surface area contributed by atoms with Crippen LogP contribution < -0.4 is 0 Å². The zero-order valence-electron chi connectivity index (χ0n) is 19.7. The van der Waals surface area contributed by atoms with Crippen LogP contribution in [0, 0.1) is 31.3 Å². The fourth-order valence-corrected chi connectivity index (χ4v) is 4.60. The number of halogens is 4. The van der Waals surface area contributed by atoms with Crippen LogP contribution in [-0.4, -0.2) is 58.8 Å². The van der Waals surface area contributed by atoms with Crippen molar-refractivity contribution in [3.63, 3.8) is 0 Å². The van der Waals surface area contributed by atoms with Gasteiger partial charge in [-0.3, -0.25) is 0 Å². The highest BCUT2D eigenvalue weighted by molar-refractivity contribution is 6.30. The summed E-state index contributed by atoms with van der Waals surface area (Å²) >= 11 is 6.22. The van der Waals surface area contributed by atoms with E-state index in [1.54, 1.807) is 23.7 Å². The fourth-order valence-electron chi connectivity index (χ4n) is 4.44. The summed E-state index contributed by atoms with van der Waals surface area (Å²) in [7, 11) is 0. The summed E-state index contributed by atoms with van der Waals surface area (Å²) in [6.45, 7) is 3.13. The second-order valence-electron chi connectivity index (χ2n) is 8.84. The number of hydrogen-bond donors (Lipinski definition) is 2. The molecule has 194 valence electrons. The van der Waals surface area contributed by atoms with Crippen molar-refractivity contribution in [3.8, 4) is 16.9 Å². The lowest BCUT2D eigenvalue weighted by atomic mass is 9.95. The van der Waals surface area contributed by atoms with E-state index in [-0.39, 0.29) is 17.7 Å². The van der Waals surface area contributed by atoms with Crippen molar-refractivity contribution in [1.29, 1.82) is 0 Å². The second kappa shape index (κ2) is 9.86. The molecule has 1 aliphatic heterocycles. The molecule has 37 heavy (non-hydrogen) atoms. The SMILES string of the molecule is Cc1nc(C2CC(n3cc(-c4cc(F)c(F)c(F)c4)nn3)C(O)C(CO)O2)n(-c2cc(Cl)ccc2C)n1. The molecule has 1 fully saturated rings. The topological polar surface area (TPSA) is 111 Å². The third-order valence-corrected chi connectivity index (χ3v) is 6.54. The van der Waals surface area contributed by atoms with Gasteiger partial charge in [-0.2, -0.15) is 5.10 Å². The summed E-state index contributed by atoms with van der Waals surface area (Å²) < 4.78 is 49.8. The molecule has 0 radical (unpaired) electrons. The molecule has 0 spiro atoms. The predicted octanol–water partition coefficient (Wildman–Crippen LogP) is 3.64. The highest BCUT2D eigenvalue weighted by Gasteiger charge is 2.41. The van der Waals surface area contributed by atoms with Gasteiger partial charge in [-0.15, -0.1) is 5.10 Å². The number of benzene rings is 2. The number of aryl methyl sites for hydroxylation is 2. The molecule has 13 heteroatoms. The Kier molecular flexibility index (Phi) is 6.75. The van der Waals surface area contributed by atoms with E-state index in [9.17, 15) is 23.4 Å². The monoisotopic (exact) mass is 534 g/mol. The smallest absolute Gasteiger partial charge is 0.194 e. The molecule has 4 unspecified atom stereocenters. The van der Waals surface area contributed by atoms with E-state index in [1.165, 1.54) is 10.9 Å². The number of aromatic nitrogens is 6. The minimum absolute atomic E-state index is 0.0220. The van der Waals surface area contributed by atoms with Crippen LogP contribution in [0.3, 0.4) is 0 Å². The number of rotatable bonds is 5. The summed E-state index contributed by atoms with van der Waals surface area (Å²) in [6, 6.07) is 6.23. The summed E-state index contributed by atoms with van der Waals surface area (Å²) in [4.78, 5) is 4.54. The molecule has 2 N–H and O–H groups in total. The van der Waals surface area contributed by atoms with Gasteiger partial charge in [-0.05, 0) is 43.7 Å². The van der Waals surface area contributed by atoms with Crippen molar-refractivity contribution >= 4 is 11.6 Å². The molecular formula is C24H22ClF3N6O3. The molecule has 0 aliphatic carbocycles. The molecule has 0 saturated carbocycles. The van der Waals surface area contributed by atoms with Crippen molar-refractivity contribution in [2.75, 3.05) is 6.61 Å². The zero-order valence-corrected chi connectivity index (χ0v) is 20.4. The molecule has 1 aliphatic rings. The highest BCUT2D eigenvalue weighted by Crippen LogP contribution is 2.38. The van der Waals surface area contributed by atoms with Crippen molar-refractivity contribution in [1.82, 2.24) is 29.8 Å². The molecule has 3 heterocycles. The van der Waals surface area contributed by atoms with Crippen LogP contribution in [0.2, 0.25) is 5.02 Å². The lowest BCUT2D eigenvalue weighted by molar-refractivity contribution is -0.161. The first-order chi connectivity index (χ1) is 17.7. The van der Waals surface area contributed by atoms with Crippen molar-refractivity contribution < 1.29 is 28.1 Å². The lowest BCUT2D eigenvalue weighted by Crippen LogP contribution is -2.45. The first-order valence-corrected chi connectivity index (χ1v) is 11.7. The Balaban J connectivity index is 1.51. The van der Waals surface area contributed by atoms with Gasteiger partial charge in [0.05, 0.1) is 24.5 Å². The number of hydrogen-bond acceptors (Lipinski definition) is 7. The number of aliphatic hydroxyl groups excluding tert-OH is 2. The fraction of sp³-hybridized carbons (Fsp3) is 0.333. The maximum absolute atomic E-state index is 13.7. The third kappa shape index (κ3) is 4.73. The predicted molar refractivity (Wildman–Crippen MR) is 126 cm³/mol. The van der Waals surface area contributed by atoms with Crippen LogP contribution in [-0.2, 0) is 4.74 Å². The molecular weight excluding hydrogens is 513 g/mol. The van der Waals surface area contributed by atoms with Crippen LogP contribution in [0.1, 0.15) is 35.8 Å². The third-order valence-electron chi connectivity index (χ3n) is 6.30. The molecule has 0 bridgehead atoms. The minimum atomic E-state index is -1.58. The quantitative estimate of drug-likeness (QED) is 0.376. The Hall–Kier alpha value is -3.32. The minimum Gasteiger partial charge on any atom is -0.394 e. The van der Waals surface area contributed by atoms with Crippen molar-refractivity contribution in [3.05, 3.63) is 76.2 Å². The summed E-state index contributed by atoms with van der Waals surface area (Å²) in [5.74, 6) is -3.39. The average Bonchev–Trinajstić information content (AvgIpc) is 3.51. The zero-order chi connectivity index (χ0) is 26.4. The summed E-state index contributed by atoms with van der Waals surface area (Å²) in [6.07, 6.45) is -1.37. The molecule has 2 aromatic heterocycles. The van der Waals surface area contributed by atoms with Crippen molar-refractivity contribution in [2.45, 2.75) is 44.6 Å². The highest BCUT2D eigenvalue weighted by atomic mass is 35.5. The Bertz CT molecular complexity index is 1440. The summed E-state index contributed by atoms with van der Waals surface area (Å²) in [5.41, 5.74) is 1.63. The number of ether oxygens (including phenoxy) is 1. The number of nitrogens with zero attached hydrogens (tertiary/aromatic N) is 6. The van der Waals surface area contributed by atoms with Gasteiger partial charge < -0.3 is 14.9 Å². The van der Waals surface area contributed by atoms with Gasteiger partial charge in [0, 0.05) is 17.0 Å². The van der Waals surface area contributed by atoms with Crippen LogP contribution in [0.5, 0.6) is 0 Å². The maximum Gasteiger partial charge on any atom is 0.194 e. The van der Waals surface area contributed by atoms with Gasteiger partial charge in [0.15, 0.2) is 23.3 Å². The first kappa shape index (κ1) is 25.3. The molecule has 1 saturated heterocycles. The second-order valence-corrected chi connectivity index (χ2v) is 9.27. The van der Waals surface area contributed by atoms with Crippen LogP contribution in [0.4, 0.5) is 13.2 Å². The molecule has 0 amide bonds. The molecule has 9 nitrogen and oxygen atoms in total. The van der Waals surface area contributed by atoms with Gasteiger partial charge in [0.2, 0.25) is 0 Å². The van der Waals surface area contributed by atoms with Gasteiger partial charge in [-0.25, -0.2) is 27.5 Å². The van der Waals surface area contributed by atoms with Gasteiger partial charge in [0.1, 0.15) is 29.8 Å². The molecule has 5 rings (SSSR count). The average molecular weight is 535 g/mol. The Labute approximate surface area is 214 Å². The van der Waals surface area contributed by atoms with E-state index in [1.807, 2.05) is 13.0 Å². The lowest BCUT2D eigenvalue weighted by Gasteiger charge is -2.38. The Morgan fingerprint density at radius 2 is 1.86 bits per heavy atom. The molecule has 4 aromatic rings. The van der Waals surface area contributed by atoms with Crippen LogP contribution in [0.25, 0.3) is 16.9 Å². The maximum atomic E-state index is 13.7. The van der Waals surface area contributed by atoms with Gasteiger partial charge >= 0.3 is 0 Å². The van der Waals surface area contributed by atoms with E-state index in [2.05, 4.69) is 20.4 Å². The van der Waals surface area contributed by atoms with E-state index in [0.717, 1.165) is 17.7 Å². The summed E-state index contributed by atoms with van der Waals surface area (Å²) in [5, 5.41) is 33.8.